The number of nitrogens with zero attached hydrogens (tertiary/aromatic N) is 1. The molecule has 0 bridgehead atoms. The Morgan fingerprint density at radius 2 is 2.19 bits per heavy atom. The molecule has 0 radical (unpaired) electrons. The summed E-state index contributed by atoms with van der Waals surface area (Å²) in [6.45, 7) is 4.29. The lowest BCUT2D eigenvalue weighted by atomic mass is 10.1. The molecule has 21 heavy (non-hydrogen) atoms. The van der Waals surface area contributed by atoms with Crippen molar-refractivity contribution < 1.29 is 14.3 Å². The van der Waals surface area contributed by atoms with E-state index in [9.17, 15) is 9.59 Å². The maximum absolute atomic E-state index is 12.2. The van der Waals surface area contributed by atoms with Gasteiger partial charge in [-0.05, 0) is 31.5 Å². The van der Waals surface area contributed by atoms with Crippen LogP contribution in [0.3, 0.4) is 0 Å². The summed E-state index contributed by atoms with van der Waals surface area (Å²) in [5.41, 5.74) is 6.11. The second kappa shape index (κ2) is 5.82. The Labute approximate surface area is 122 Å². The fraction of sp³-hybridized carbons (Fsp3) is 0.357. The van der Waals surface area contributed by atoms with Crippen molar-refractivity contribution >= 4 is 23.5 Å². The number of rotatable bonds is 3. The van der Waals surface area contributed by atoms with Crippen LogP contribution in [0.4, 0.5) is 5.69 Å². The van der Waals surface area contributed by atoms with Gasteiger partial charge >= 0.3 is 0 Å². The summed E-state index contributed by atoms with van der Waals surface area (Å²) in [6, 6.07) is 4.80. The molecule has 7 nitrogen and oxygen atoms in total. The molecule has 1 aromatic carbocycles. The quantitative estimate of drug-likeness (QED) is 0.566. The molecule has 1 aliphatic heterocycles. The molecule has 0 aromatic heterocycles. The van der Waals surface area contributed by atoms with Crippen LogP contribution in [0, 0.1) is 5.41 Å². The second-order valence-corrected chi connectivity index (χ2v) is 4.65. The maximum atomic E-state index is 12.2. The van der Waals surface area contributed by atoms with Crippen molar-refractivity contribution in [2.75, 3.05) is 11.4 Å². The summed E-state index contributed by atoms with van der Waals surface area (Å²) < 4.78 is 5.67. The van der Waals surface area contributed by atoms with Crippen LogP contribution in [0.25, 0.3) is 0 Å². The fourth-order valence-electron chi connectivity index (χ4n) is 2.25. The summed E-state index contributed by atoms with van der Waals surface area (Å²) in [6.07, 6.45) is 0.0158. The van der Waals surface area contributed by atoms with Gasteiger partial charge in [-0.2, -0.15) is 0 Å². The molecule has 1 aliphatic rings. The van der Waals surface area contributed by atoms with Crippen molar-refractivity contribution in [3.8, 4) is 5.75 Å². The fourth-order valence-corrected chi connectivity index (χ4v) is 2.25. The number of fused-ring (bicyclic) bond motifs is 1. The molecule has 112 valence electrons. The second-order valence-electron chi connectivity index (χ2n) is 4.65. The summed E-state index contributed by atoms with van der Waals surface area (Å²) in [7, 11) is 0. The zero-order valence-electron chi connectivity index (χ0n) is 12.0. The van der Waals surface area contributed by atoms with E-state index in [1.54, 1.807) is 23.1 Å². The Morgan fingerprint density at radius 1 is 1.48 bits per heavy atom. The van der Waals surface area contributed by atoms with E-state index in [0.29, 0.717) is 30.0 Å². The first kappa shape index (κ1) is 14.8. The van der Waals surface area contributed by atoms with Gasteiger partial charge in [0.1, 0.15) is 5.75 Å². The number of likely N-dealkylation sites (N-methyl/N-ethyl adjacent to an activating group) is 1. The van der Waals surface area contributed by atoms with Gasteiger partial charge in [-0.25, -0.2) is 0 Å². The van der Waals surface area contributed by atoms with Crippen LogP contribution in [0.1, 0.15) is 30.6 Å². The molecule has 1 atom stereocenters. The Morgan fingerprint density at radius 3 is 2.76 bits per heavy atom. The highest BCUT2D eigenvalue weighted by Crippen LogP contribution is 2.35. The van der Waals surface area contributed by atoms with E-state index in [2.05, 4.69) is 5.32 Å². The van der Waals surface area contributed by atoms with E-state index in [1.165, 1.54) is 0 Å². The Bertz CT molecular complexity index is 600. The third-order valence-corrected chi connectivity index (χ3v) is 3.26. The van der Waals surface area contributed by atoms with Crippen molar-refractivity contribution in [1.29, 1.82) is 5.41 Å². The monoisotopic (exact) mass is 290 g/mol. The number of carbonyl (C=O) groups is 2. The van der Waals surface area contributed by atoms with Crippen LogP contribution in [0.2, 0.25) is 0 Å². The predicted molar refractivity (Wildman–Crippen MR) is 78.6 cm³/mol. The molecule has 0 fully saturated rings. The van der Waals surface area contributed by atoms with Gasteiger partial charge in [-0.15, -0.1) is 0 Å². The number of ether oxygens (including phenoxy) is 1. The largest absolute Gasteiger partial charge is 0.478 e. The first-order valence-corrected chi connectivity index (χ1v) is 6.75. The molecule has 0 spiro atoms. The number of hydrogen-bond donors (Lipinski definition) is 3. The molecule has 2 amide bonds. The van der Waals surface area contributed by atoms with Gasteiger partial charge < -0.3 is 15.4 Å². The van der Waals surface area contributed by atoms with Gasteiger partial charge in [-0.3, -0.25) is 20.3 Å². The first-order valence-electron chi connectivity index (χ1n) is 6.75. The third-order valence-electron chi connectivity index (χ3n) is 3.26. The van der Waals surface area contributed by atoms with Crippen LogP contribution in [-0.2, 0) is 4.79 Å². The van der Waals surface area contributed by atoms with Crippen LogP contribution in [0.5, 0.6) is 5.75 Å². The minimum absolute atomic E-state index is 0.0755. The van der Waals surface area contributed by atoms with E-state index in [0.717, 1.165) is 0 Å². The lowest BCUT2D eigenvalue weighted by Gasteiger charge is -2.33. The van der Waals surface area contributed by atoms with Gasteiger partial charge in [0.15, 0.2) is 12.1 Å². The van der Waals surface area contributed by atoms with Gasteiger partial charge in [0.2, 0.25) is 0 Å². The van der Waals surface area contributed by atoms with E-state index >= 15 is 0 Å². The average Bonchev–Trinajstić information content (AvgIpc) is 2.45. The Kier molecular flexibility index (Phi) is 4.11. The standard InChI is InChI=1S/C14H18N4O3/c1-3-10-13(20)18(4-2)9-6-5-8(7-11(9)21-10)12(19)17-14(15)16/h5-7,10H,3-4H2,1-2H3,(H4,15,16,17,19)/t10-/m1/s1. The average molecular weight is 290 g/mol. The molecule has 7 heteroatoms. The third kappa shape index (κ3) is 2.81. The molecule has 0 unspecified atom stereocenters. The number of anilines is 1. The zero-order valence-corrected chi connectivity index (χ0v) is 12.0. The lowest BCUT2D eigenvalue weighted by molar-refractivity contribution is -0.126. The molecule has 0 saturated carbocycles. The molecule has 4 N–H and O–H groups in total. The molecule has 2 rings (SSSR count). The summed E-state index contributed by atoms with van der Waals surface area (Å²) in [5, 5.41) is 9.29. The van der Waals surface area contributed by atoms with E-state index < -0.39 is 18.0 Å². The molecule has 1 aromatic rings. The Hall–Kier alpha value is -2.57. The van der Waals surface area contributed by atoms with Gasteiger partial charge in [0.25, 0.3) is 11.8 Å². The molecule has 0 aliphatic carbocycles. The van der Waals surface area contributed by atoms with Gasteiger partial charge in [0, 0.05) is 12.1 Å². The SMILES string of the molecule is CC[C@H]1Oc2cc(C(=O)NC(=N)N)ccc2N(CC)C1=O. The predicted octanol–water partition coefficient (Wildman–Crippen LogP) is 0.834. The number of benzene rings is 1. The van der Waals surface area contributed by atoms with Crippen LogP contribution in [0.15, 0.2) is 18.2 Å². The highest BCUT2D eigenvalue weighted by molar-refractivity contribution is 6.06. The zero-order chi connectivity index (χ0) is 15.6. The smallest absolute Gasteiger partial charge is 0.268 e. The van der Waals surface area contributed by atoms with Crippen molar-refractivity contribution in [1.82, 2.24) is 5.32 Å². The molecular formula is C14H18N4O3. The van der Waals surface area contributed by atoms with Crippen molar-refractivity contribution in [3.05, 3.63) is 23.8 Å². The first-order chi connectivity index (χ1) is 9.97. The van der Waals surface area contributed by atoms with E-state index in [-0.39, 0.29) is 5.91 Å². The topological polar surface area (TPSA) is 109 Å². The maximum Gasteiger partial charge on any atom is 0.268 e. The van der Waals surface area contributed by atoms with Crippen molar-refractivity contribution in [2.24, 2.45) is 5.73 Å². The van der Waals surface area contributed by atoms with Crippen LogP contribution >= 0.6 is 0 Å². The summed E-state index contributed by atoms with van der Waals surface area (Å²) >= 11 is 0. The number of hydrogen-bond acceptors (Lipinski definition) is 4. The highest BCUT2D eigenvalue weighted by Gasteiger charge is 2.32. The number of carbonyl (C=O) groups excluding carboxylic acids is 2. The summed E-state index contributed by atoms with van der Waals surface area (Å²) in [5.74, 6) is -0.495. The molecular weight excluding hydrogens is 272 g/mol. The van der Waals surface area contributed by atoms with Gasteiger partial charge in [0.05, 0.1) is 5.69 Å². The lowest BCUT2D eigenvalue weighted by Crippen LogP contribution is -2.45. The van der Waals surface area contributed by atoms with Gasteiger partial charge in [-0.1, -0.05) is 6.92 Å². The van der Waals surface area contributed by atoms with E-state index in [1.807, 2.05) is 13.8 Å². The van der Waals surface area contributed by atoms with Crippen LogP contribution < -0.4 is 20.7 Å². The van der Waals surface area contributed by atoms with E-state index in [4.69, 9.17) is 15.9 Å². The number of amides is 2. The number of nitrogens with one attached hydrogen (secondary N) is 2. The minimum atomic E-state index is -0.538. The van der Waals surface area contributed by atoms with Crippen LogP contribution in [-0.4, -0.2) is 30.4 Å². The number of nitrogens with two attached hydrogens (primary N) is 1. The normalized spacial score (nSPS) is 17.0. The van der Waals surface area contributed by atoms with Crippen molar-refractivity contribution in [2.45, 2.75) is 26.4 Å². The highest BCUT2D eigenvalue weighted by atomic mass is 16.5. The molecule has 1 heterocycles. The molecule has 0 saturated heterocycles. The minimum Gasteiger partial charge on any atom is -0.478 e. The Balaban J connectivity index is 2.37. The number of guanidine groups is 1. The summed E-state index contributed by atoms with van der Waals surface area (Å²) in [4.78, 5) is 25.7. The van der Waals surface area contributed by atoms with Crippen molar-refractivity contribution in [3.63, 3.8) is 0 Å².